The van der Waals surface area contributed by atoms with E-state index in [1.807, 2.05) is 18.2 Å². The summed E-state index contributed by atoms with van der Waals surface area (Å²) >= 11 is -0.750. The molecule has 0 saturated carbocycles. The molecule has 0 aromatic heterocycles. The molecule has 1 fully saturated rings. The van der Waals surface area contributed by atoms with Crippen molar-refractivity contribution in [2.75, 3.05) is 0 Å². The van der Waals surface area contributed by atoms with Crippen LogP contribution < -0.4 is 5.26 Å². The Morgan fingerprint density at radius 2 is 1.89 bits per heavy atom. The SMILES string of the molecule is CC1(C)C2OC2c2ccccc2[S+](O[O-])C1(C)C. The largest absolute Gasteiger partial charge is 0.672 e. The molecule has 0 aliphatic carbocycles. The van der Waals surface area contributed by atoms with Crippen LogP contribution in [0.3, 0.4) is 0 Å². The lowest BCUT2D eigenvalue weighted by molar-refractivity contribution is -0.633. The van der Waals surface area contributed by atoms with Gasteiger partial charge in [0.1, 0.15) is 6.10 Å². The fraction of sp³-hybridized carbons (Fsp3) is 0.571. The molecule has 2 aliphatic rings. The summed E-state index contributed by atoms with van der Waals surface area (Å²) in [6, 6.07) is 8.01. The average molecular weight is 266 g/mol. The molecule has 0 spiro atoms. The fourth-order valence-electron chi connectivity index (χ4n) is 2.76. The molecule has 18 heavy (non-hydrogen) atoms. The number of ether oxygens (including phenoxy) is 1. The van der Waals surface area contributed by atoms with Crippen LogP contribution in [0.4, 0.5) is 0 Å². The third-order valence-corrected chi connectivity index (χ3v) is 7.07. The van der Waals surface area contributed by atoms with Crippen LogP contribution in [0.5, 0.6) is 0 Å². The summed E-state index contributed by atoms with van der Waals surface area (Å²) in [5, 5.41) is 11.3. The van der Waals surface area contributed by atoms with E-state index < -0.39 is 11.2 Å². The molecule has 1 saturated heterocycles. The second kappa shape index (κ2) is 3.73. The van der Waals surface area contributed by atoms with Crippen LogP contribution in [-0.2, 0) is 20.2 Å². The minimum atomic E-state index is -0.750. The molecular formula is C14H18O3S. The predicted octanol–water partition coefficient (Wildman–Crippen LogP) is 2.13. The second-order valence-corrected chi connectivity index (χ2v) is 8.22. The van der Waals surface area contributed by atoms with E-state index in [0.717, 1.165) is 10.5 Å². The van der Waals surface area contributed by atoms with Gasteiger partial charge in [0.05, 0.1) is 6.10 Å². The molecule has 3 unspecified atom stereocenters. The summed E-state index contributed by atoms with van der Waals surface area (Å²) < 4.78 is 10.3. The summed E-state index contributed by atoms with van der Waals surface area (Å²) in [5.74, 6) is 0. The molecule has 2 aliphatic heterocycles. The van der Waals surface area contributed by atoms with Crippen LogP contribution in [0, 0.1) is 5.41 Å². The summed E-state index contributed by atoms with van der Waals surface area (Å²) in [5.41, 5.74) is 1.03. The molecule has 0 bridgehead atoms. The van der Waals surface area contributed by atoms with Crippen molar-refractivity contribution in [1.82, 2.24) is 0 Å². The monoisotopic (exact) mass is 266 g/mol. The van der Waals surface area contributed by atoms with Crippen LogP contribution in [-0.4, -0.2) is 10.9 Å². The first-order valence-electron chi connectivity index (χ1n) is 6.20. The van der Waals surface area contributed by atoms with Gasteiger partial charge in [-0.2, -0.15) is 0 Å². The van der Waals surface area contributed by atoms with E-state index >= 15 is 0 Å². The number of hydrogen-bond donors (Lipinski definition) is 0. The lowest BCUT2D eigenvalue weighted by Gasteiger charge is -2.37. The molecule has 0 N–H and O–H groups in total. The van der Waals surface area contributed by atoms with Crippen LogP contribution in [0.1, 0.15) is 39.4 Å². The van der Waals surface area contributed by atoms with E-state index in [0.29, 0.717) is 0 Å². The standard InChI is InChI=1S/C14H18O3S/c1-13(2)12-11(16-12)9-7-5-6-8-10(9)18(17-15)14(13,3)4/h5-8,11-12H,1-4H3. The van der Waals surface area contributed by atoms with Gasteiger partial charge in [-0.1, -0.05) is 32.0 Å². The Balaban J connectivity index is 2.20. The minimum absolute atomic E-state index is 0.0930. The number of fused-ring (bicyclic) bond motifs is 3. The molecule has 3 rings (SSSR count). The molecule has 1 aromatic carbocycles. The zero-order valence-corrected chi connectivity index (χ0v) is 11.9. The fourth-order valence-corrected chi connectivity index (χ4v) is 4.75. The maximum absolute atomic E-state index is 11.3. The quantitative estimate of drug-likeness (QED) is 0.338. The lowest BCUT2D eigenvalue weighted by Crippen LogP contribution is -2.50. The zero-order chi connectivity index (χ0) is 13.1. The van der Waals surface area contributed by atoms with E-state index in [2.05, 4.69) is 38.1 Å². The molecular weight excluding hydrogens is 248 g/mol. The third-order valence-electron chi connectivity index (χ3n) is 4.71. The predicted molar refractivity (Wildman–Crippen MR) is 68.6 cm³/mol. The number of rotatable bonds is 1. The number of benzene rings is 1. The minimum Gasteiger partial charge on any atom is -0.672 e. The molecule has 0 radical (unpaired) electrons. The smallest absolute Gasteiger partial charge is 0.195 e. The Hall–Kier alpha value is -0.550. The van der Waals surface area contributed by atoms with Crippen molar-refractivity contribution in [2.45, 2.75) is 49.5 Å². The molecule has 0 amide bonds. The molecule has 3 nitrogen and oxygen atoms in total. The Kier molecular flexibility index (Phi) is 2.59. The van der Waals surface area contributed by atoms with Crippen molar-refractivity contribution >= 4 is 11.2 Å². The average Bonchev–Trinajstić information content (AvgIpc) is 3.10. The van der Waals surface area contributed by atoms with Gasteiger partial charge in [-0.25, -0.2) is 4.33 Å². The Bertz CT molecular complexity index is 484. The van der Waals surface area contributed by atoms with Crippen LogP contribution in [0.15, 0.2) is 29.2 Å². The van der Waals surface area contributed by atoms with Gasteiger partial charge in [-0.3, -0.25) is 0 Å². The summed E-state index contributed by atoms with van der Waals surface area (Å²) in [7, 11) is 0. The first-order chi connectivity index (χ1) is 8.41. The van der Waals surface area contributed by atoms with Gasteiger partial charge in [0, 0.05) is 11.0 Å². The van der Waals surface area contributed by atoms with Gasteiger partial charge in [0.2, 0.25) is 0 Å². The van der Waals surface area contributed by atoms with Gasteiger partial charge in [0.25, 0.3) is 0 Å². The highest BCUT2D eigenvalue weighted by Gasteiger charge is 2.68. The van der Waals surface area contributed by atoms with E-state index in [4.69, 9.17) is 4.74 Å². The first-order valence-corrected chi connectivity index (χ1v) is 7.35. The number of epoxide rings is 1. The van der Waals surface area contributed by atoms with Gasteiger partial charge in [-0.15, -0.1) is 0 Å². The Morgan fingerprint density at radius 1 is 1.22 bits per heavy atom. The number of hydrogen-bond acceptors (Lipinski definition) is 3. The second-order valence-electron chi connectivity index (χ2n) is 6.08. The highest BCUT2D eigenvalue weighted by atomic mass is 32.2. The lowest BCUT2D eigenvalue weighted by atomic mass is 9.76. The molecule has 4 heteroatoms. The van der Waals surface area contributed by atoms with Crippen LogP contribution in [0.2, 0.25) is 0 Å². The third kappa shape index (κ3) is 1.43. The highest BCUT2D eigenvalue weighted by molar-refractivity contribution is 7.93. The zero-order valence-electron chi connectivity index (χ0n) is 11.1. The van der Waals surface area contributed by atoms with Crippen molar-refractivity contribution in [3.63, 3.8) is 0 Å². The molecule has 2 heterocycles. The molecule has 3 atom stereocenters. The van der Waals surface area contributed by atoms with Crippen LogP contribution in [0.25, 0.3) is 0 Å². The maximum Gasteiger partial charge on any atom is 0.195 e. The van der Waals surface area contributed by atoms with E-state index in [-0.39, 0.29) is 22.4 Å². The van der Waals surface area contributed by atoms with Crippen molar-refractivity contribution in [2.24, 2.45) is 5.41 Å². The van der Waals surface area contributed by atoms with Gasteiger partial charge in [-0.05, 0) is 19.9 Å². The van der Waals surface area contributed by atoms with E-state index in [9.17, 15) is 5.26 Å². The molecule has 98 valence electrons. The van der Waals surface area contributed by atoms with Gasteiger partial charge in [0.15, 0.2) is 20.8 Å². The van der Waals surface area contributed by atoms with Gasteiger partial charge >= 0.3 is 0 Å². The normalized spacial score (nSPS) is 35.3. The summed E-state index contributed by atoms with van der Waals surface area (Å²) in [4.78, 5) is 1.01. The maximum atomic E-state index is 11.3. The topological polar surface area (TPSA) is 44.8 Å². The van der Waals surface area contributed by atoms with E-state index in [1.165, 1.54) is 0 Å². The van der Waals surface area contributed by atoms with Gasteiger partial charge < -0.3 is 9.99 Å². The molecule has 1 aromatic rings. The Labute approximate surface area is 111 Å². The summed E-state index contributed by atoms with van der Waals surface area (Å²) in [6.45, 7) is 8.55. The van der Waals surface area contributed by atoms with E-state index in [1.54, 1.807) is 0 Å². The first kappa shape index (κ1) is 12.5. The van der Waals surface area contributed by atoms with Crippen molar-refractivity contribution in [3.05, 3.63) is 29.8 Å². The van der Waals surface area contributed by atoms with Crippen LogP contribution >= 0.6 is 0 Å². The van der Waals surface area contributed by atoms with Crippen molar-refractivity contribution in [3.8, 4) is 0 Å². The van der Waals surface area contributed by atoms with Crippen molar-refractivity contribution in [1.29, 1.82) is 0 Å². The van der Waals surface area contributed by atoms with Crippen molar-refractivity contribution < 1.29 is 14.3 Å². The highest BCUT2D eigenvalue weighted by Crippen LogP contribution is 2.60. The summed E-state index contributed by atoms with van der Waals surface area (Å²) in [6.07, 6.45) is 0.310. The Morgan fingerprint density at radius 3 is 2.56 bits per heavy atom.